The quantitative estimate of drug-likeness (QED) is 0.192. The number of carbonyl (C=O) groups excluding carboxylic acids is 2. The van der Waals surface area contributed by atoms with Crippen LogP contribution in [0.25, 0.3) is 0 Å². The molecule has 1 saturated carbocycles. The lowest BCUT2D eigenvalue weighted by Gasteiger charge is -2.21. The molecule has 0 spiro atoms. The first-order chi connectivity index (χ1) is 21.5. The first kappa shape index (κ1) is 32.2. The van der Waals surface area contributed by atoms with Gasteiger partial charge in [0.1, 0.15) is 29.7 Å². The molecule has 240 valence electrons. The fraction of sp³-hybridized carbons (Fsp3) is 0.429. The third-order valence-corrected chi connectivity index (χ3v) is 8.29. The second-order valence-electron chi connectivity index (χ2n) is 12.6. The van der Waals surface area contributed by atoms with Crippen LogP contribution in [0.4, 0.5) is 19.3 Å². The van der Waals surface area contributed by atoms with Crippen LogP contribution in [0, 0.1) is 23.5 Å². The maximum atomic E-state index is 13.9. The van der Waals surface area contributed by atoms with Crippen molar-refractivity contribution in [1.82, 2.24) is 10.2 Å². The second kappa shape index (κ2) is 13.9. The molecule has 2 aliphatic rings. The van der Waals surface area contributed by atoms with Gasteiger partial charge >= 0.3 is 12.0 Å². The molecule has 1 unspecified atom stereocenters. The number of rotatable bonds is 12. The van der Waals surface area contributed by atoms with Crippen molar-refractivity contribution in [2.45, 2.75) is 51.7 Å². The number of hydrogen-bond acceptors (Lipinski definition) is 6. The monoisotopic (exact) mass is 621 g/mol. The van der Waals surface area contributed by atoms with Gasteiger partial charge < -0.3 is 29.7 Å². The zero-order chi connectivity index (χ0) is 32.1. The highest BCUT2D eigenvalue weighted by molar-refractivity contribution is 5.89. The molecule has 10 heteroatoms. The van der Waals surface area contributed by atoms with Gasteiger partial charge in [0.15, 0.2) is 6.10 Å². The number of hydrogen-bond donors (Lipinski definition) is 2. The second-order valence-corrected chi connectivity index (χ2v) is 12.6. The van der Waals surface area contributed by atoms with E-state index in [-0.39, 0.29) is 17.7 Å². The van der Waals surface area contributed by atoms with Crippen molar-refractivity contribution in [2.24, 2.45) is 11.8 Å². The molecular weight excluding hydrogens is 580 g/mol. The van der Waals surface area contributed by atoms with Crippen molar-refractivity contribution >= 4 is 17.7 Å². The highest BCUT2D eigenvalue weighted by Gasteiger charge is 2.56. The summed E-state index contributed by atoms with van der Waals surface area (Å²) in [5.41, 5.74) is 1.97. The summed E-state index contributed by atoms with van der Waals surface area (Å²) in [7, 11) is 0. The van der Waals surface area contributed by atoms with Crippen molar-refractivity contribution in [2.75, 3.05) is 38.2 Å². The predicted octanol–water partition coefficient (Wildman–Crippen LogP) is 5.95. The van der Waals surface area contributed by atoms with Gasteiger partial charge in [0.05, 0.1) is 12.3 Å². The molecule has 1 heterocycles. The van der Waals surface area contributed by atoms with Crippen LogP contribution in [0.3, 0.4) is 0 Å². The SMILES string of the molecule is CCOC(=O)[C@H](Cc1ccc(OCCNC2[C@H]3CN(C(=O)Nc4cc(F)ccc4F)C[C@@H]23)cc1)Oc1ccc(C(C)(C)C)cc1. The highest BCUT2D eigenvalue weighted by atomic mass is 19.1. The lowest BCUT2D eigenvalue weighted by atomic mass is 9.87. The van der Waals surface area contributed by atoms with Crippen molar-refractivity contribution in [1.29, 1.82) is 0 Å². The number of carbonyl (C=O) groups is 2. The van der Waals surface area contributed by atoms with Crippen LogP contribution in [0.1, 0.15) is 38.8 Å². The molecule has 4 atom stereocenters. The lowest BCUT2D eigenvalue weighted by molar-refractivity contribution is -0.151. The van der Waals surface area contributed by atoms with E-state index in [1.807, 2.05) is 48.5 Å². The largest absolute Gasteiger partial charge is 0.492 e. The molecule has 2 fully saturated rings. The number of fused-ring (bicyclic) bond motifs is 1. The van der Waals surface area contributed by atoms with Crippen molar-refractivity contribution in [3.05, 3.63) is 89.5 Å². The van der Waals surface area contributed by atoms with Gasteiger partial charge in [0.2, 0.25) is 0 Å². The first-order valence-electron chi connectivity index (χ1n) is 15.4. The number of likely N-dealkylation sites (tertiary alicyclic amines) is 1. The van der Waals surface area contributed by atoms with Gasteiger partial charge in [-0.05, 0) is 71.7 Å². The van der Waals surface area contributed by atoms with Crippen LogP contribution >= 0.6 is 0 Å². The Labute approximate surface area is 263 Å². The molecule has 3 aromatic rings. The summed E-state index contributed by atoms with van der Waals surface area (Å²) in [5, 5.41) is 5.95. The molecule has 1 aliphatic heterocycles. The molecule has 1 aliphatic carbocycles. The molecule has 2 amide bonds. The number of halogens is 2. The summed E-state index contributed by atoms with van der Waals surface area (Å²) in [6.07, 6.45) is -0.415. The fourth-order valence-corrected chi connectivity index (χ4v) is 5.72. The average molecular weight is 622 g/mol. The van der Waals surface area contributed by atoms with Crippen LogP contribution in [0.5, 0.6) is 11.5 Å². The normalized spacial score (nSPS) is 19.4. The lowest BCUT2D eigenvalue weighted by Crippen LogP contribution is -2.39. The summed E-state index contributed by atoms with van der Waals surface area (Å²) in [4.78, 5) is 26.8. The average Bonchev–Trinajstić information content (AvgIpc) is 3.44. The molecule has 45 heavy (non-hydrogen) atoms. The Bertz CT molecular complexity index is 1460. The maximum Gasteiger partial charge on any atom is 0.347 e. The van der Waals surface area contributed by atoms with Crippen LogP contribution in [-0.4, -0.2) is 61.9 Å². The minimum Gasteiger partial charge on any atom is -0.492 e. The van der Waals surface area contributed by atoms with Crippen LogP contribution in [-0.2, 0) is 21.4 Å². The predicted molar refractivity (Wildman–Crippen MR) is 168 cm³/mol. The van der Waals surface area contributed by atoms with E-state index in [0.29, 0.717) is 56.3 Å². The molecular formula is C35H41F2N3O5. The molecule has 2 N–H and O–H groups in total. The Morgan fingerprint density at radius 1 is 0.956 bits per heavy atom. The summed E-state index contributed by atoms with van der Waals surface area (Å²) in [6.45, 7) is 10.7. The number of ether oxygens (including phenoxy) is 3. The zero-order valence-electron chi connectivity index (χ0n) is 26.1. The van der Waals surface area contributed by atoms with Gasteiger partial charge in [-0.2, -0.15) is 0 Å². The van der Waals surface area contributed by atoms with E-state index in [4.69, 9.17) is 14.2 Å². The molecule has 0 bridgehead atoms. The minimum absolute atomic E-state index is 0.0221. The van der Waals surface area contributed by atoms with E-state index >= 15 is 0 Å². The number of nitrogens with one attached hydrogen (secondary N) is 2. The van der Waals surface area contributed by atoms with E-state index < -0.39 is 29.7 Å². The fourth-order valence-electron chi connectivity index (χ4n) is 5.72. The number of piperidine rings is 1. The van der Waals surface area contributed by atoms with E-state index in [1.165, 1.54) is 5.56 Å². The number of amides is 2. The molecule has 5 rings (SSSR count). The van der Waals surface area contributed by atoms with Crippen molar-refractivity contribution in [3.8, 4) is 11.5 Å². The van der Waals surface area contributed by atoms with Gasteiger partial charge in [-0.3, -0.25) is 0 Å². The van der Waals surface area contributed by atoms with Crippen LogP contribution < -0.4 is 20.1 Å². The first-order valence-corrected chi connectivity index (χ1v) is 15.4. The van der Waals surface area contributed by atoms with E-state index in [1.54, 1.807) is 11.8 Å². The van der Waals surface area contributed by atoms with Gasteiger partial charge in [0.25, 0.3) is 0 Å². The third-order valence-electron chi connectivity index (χ3n) is 8.29. The Hall–Kier alpha value is -4.18. The van der Waals surface area contributed by atoms with Gasteiger partial charge in [0, 0.05) is 38.2 Å². The number of nitrogens with zero attached hydrogens (tertiary/aromatic N) is 1. The highest BCUT2D eigenvalue weighted by Crippen LogP contribution is 2.45. The molecule has 1 saturated heterocycles. The number of anilines is 1. The number of benzene rings is 3. The standard InChI is InChI=1S/C35H41F2N3O5/c1-5-43-33(41)31(45-26-13-8-23(9-14-26)35(2,3)4)18-22-6-11-25(12-7-22)44-17-16-38-32-27-20-40(21-28(27)32)34(42)39-30-19-24(36)10-15-29(30)37/h6-15,19,27-28,31-32,38H,5,16-18,20-21H2,1-4H3,(H,39,42)/t27-,28+,31-,32?/m0/s1. The van der Waals surface area contributed by atoms with E-state index in [2.05, 4.69) is 31.4 Å². The molecule has 8 nitrogen and oxygen atoms in total. The third kappa shape index (κ3) is 8.30. The van der Waals surface area contributed by atoms with Gasteiger partial charge in [-0.1, -0.05) is 45.0 Å². The Morgan fingerprint density at radius 2 is 1.62 bits per heavy atom. The Kier molecular flexibility index (Phi) is 9.92. The Morgan fingerprint density at radius 3 is 2.27 bits per heavy atom. The van der Waals surface area contributed by atoms with Crippen molar-refractivity contribution in [3.63, 3.8) is 0 Å². The van der Waals surface area contributed by atoms with E-state index in [9.17, 15) is 18.4 Å². The summed E-state index contributed by atoms with van der Waals surface area (Å²) in [6, 6.07) is 18.2. The van der Waals surface area contributed by atoms with E-state index in [0.717, 1.165) is 29.5 Å². The number of urea groups is 1. The summed E-state index contributed by atoms with van der Waals surface area (Å²) >= 11 is 0. The molecule has 3 aromatic carbocycles. The zero-order valence-corrected chi connectivity index (χ0v) is 26.1. The van der Waals surface area contributed by atoms with Gasteiger partial charge in [-0.15, -0.1) is 0 Å². The number of esters is 1. The molecule has 0 radical (unpaired) electrons. The van der Waals surface area contributed by atoms with Crippen molar-refractivity contribution < 1.29 is 32.6 Å². The van der Waals surface area contributed by atoms with Crippen LogP contribution in [0.15, 0.2) is 66.7 Å². The molecule has 0 aromatic heterocycles. The maximum absolute atomic E-state index is 13.9. The Balaban J connectivity index is 1.03. The van der Waals surface area contributed by atoms with Gasteiger partial charge in [-0.25, -0.2) is 18.4 Å². The topological polar surface area (TPSA) is 89.1 Å². The summed E-state index contributed by atoms with van der Waals surface area (Å²) < 4.78 is 44.5. The minimum atomic E-state index is -0.774. The summed E-state index contributed by atoms with van der Waals surface area (Å²) in [5.74, 6) is 0.314. The van der Waals surface area contributed by atoms with Crippen LogP contribution in [0.2, 0.25) is 0 Å². The smallest absolute Gasteiger partial charge is 0.347 e.